The molecule has 0 amide bonds. The highest BCUT2D eigenvalue weighted by Gasteiger charge is 2.41. The minimum Gasteiger partial charge on any atom is -0.278 e. The van der Waals surface area contributed by atoms with E-state index in [1.54, 1.807) is 0 Å². The molecule has 0 saturated heterocycles. The zero-order valence-electron chi connectivity index (χ0n) is 32.0. The van der Waals surface area contributed by atoms with Crippen LogP contribution >= 0.6 is 0 Å². The molecule has 1 aliphatic rings. The predicted octanol–water partition coefficient (Wildman–Crippen LogP) is 10.1. The fourth-order valence-electron chi connectivity index (χ4n) is 9.50. The van der Waals surface area contributed by atoms with Gasteiger partial charge in [-0.05, 0) is 74.0 Å². The third-order valence-electron chi connectivity index (χ3n) is 12.1. The summed E-state index contributed by atoms with van der Waals surface area (Å²) >= 11 is 0. The van der Waals surface area contributed by atoms with Crippen molar-refractivity contribution < 1.29 is 0 Å². The van der Waals surface area contributed by atoms with Crippen molar-refractivity contribution in [3.05, 3.63) is 223 Å². The predicted molar refractivity (Wildman–Crippen MR) is 244 cm³/mol. The summed E-state index contributed by atoms with van der Waals surface area (Å²) in [7, 11) is -2.77. The first-order valence-corrected chi connectivity index (χ1v) is 22.1. The third kappa shape index (κ3) is 5.48. The molecule has 2 heterocycles. The molecule has 3 nitrogen and oxygen atoms in total. The minimum atomic E-state index is -2.77. The molecule has 0 saturated carbocycles. The van der Waals surface area contributed by atoms with Crippen LogP contribution in [0.4, 0.5) is 0 Å². The molecule has 10 aromatic rings. The lowest BCUT2D eigenvalue weighted by Crippen LogP contribution is -2.74. The second kappa shape index (κ2) is 14.1. The smallest absolute Gasteiger partial charge is 0.235 e. The zero-order chi connectivity index (χ0) is 38.5. The molecule has 0 atom stereocenters. The van der Waals surface area contributed by atoms with E-state index >= 15 is 0 Å². The lowest BCUT2D eigenvalue weighted by molar-refractivity contribution is 0.943. The second-order valence-corrected chi connectivity index (χ2v) is 19.0. The molecule has 0 radical (unpaired) electrons. The van der Waals surface area contributed by atoms with Crippen molar-refractivity contribution in [3.8, 4) is 39.6 Å². The van der Waals surface area contributed by atoms with E-state index < -0.39 is 8.07 Å². The fraction of sp³-hybridized carbons (Fsp3) is 0.0370. The van der Waals surface area contributed by atoms with E-state index in [4.69, 9.17) is 9.97 Å². The molecular formula is C54H39N3Si. The van der Waals surface area contributed by atoms with Gasteiger partial charge in [0.2, 0.25) is 5.95 Å². The summed E-state index contributed by atoms with van der Waals surface area (Å²) in [5.41, 5.74) is 11.6. The van der Waals surface area contributed by atoms with Crippen LogP contribution in [0.3, 0.4) is 0 Å². The van der Waals surface area contributed by atoms with Crippen molar-refractivity contribution >= 4 is 50.6 Å². The molecule has 11 rings (SSSR count). The maximum atomic E-state index is 5.54. The Hall–Kier alpha value is -7.14. The maximum absolute atomic E-state index is 5.54. The molecule has 8 aromatic carbocycles. The molecule has 0 fully saturated rings. The normalized spacial score (nSPS) is 12.3. The summed E-state index contributed by atoms with van der Waals surface area (Å²) in [6.07, 6.45) is 2.09. The Morgan fingerprint density at radius 2 is 0.931 bits per heavy atom. The van der Waals surface area contributed by atoms with Crippen LogP contribution in [-0.2, 0) is 12.8 Å². The average Bonchev–Trinajstić information content (AvgIpc) is 3.65. The minimum absolute atomic E-state index is 0.662. The number of hydrogen-bond donors (Lipinski definition) is 0. The number of para-hydroxylation sites is 1. The van der Waals surface area contributed by atoms with E-state index in [9.17, 15) is 0 Å². The molecule has 0 bridgehead atoms. The SMILES string of the molecule is c1ccc(-c2cc(-c3cccc([Si](c4ccccc4)(c4ccccc4)c4ccccc4)c3)nc(-n3c4ccccc4c4c5c(ccc43)CCc3ccccc3-5)n2)cc1. The lowest BCUT2D eigenvalue weighted by Gasteiger charge is -2.34. The van der Waals surface area contributed by atoms with Crippen LogP contribution in [0.15, 0.2) is 212 Å². The largest absolute Gasteiger partial charge is 0.278 e. The van der Waals surface area contributed by atoms with Crippen LogP contribution < -0.4 is 20.7 Å². The summed E-state index contributed by atoms with van der Waals surface area (Å²) < 4.78 is 2.29. The first-order valence-electron chi connectivity index (χ1n) is 20.1. The fourth-order valence-corrected chi connectivity index (χ4v) is 14.3. The van der Waals surface area contributed by atoms with Crippen LogP contribution in [0.25, 0.3) is 61.4 Å². The van der Waals surface area contributed by atoms with Gasteiger partial charge < -0.3 is 0 Å². The number of hydrogen-bond acceptors (Lipinski definition) is 2. The van der Waals surface area contributed by atoms with Crippen LogP contribution in [0.2, 0.25) is 0 Å². The van der Waals surface area contributed by atoms with Gasteiger partial charge in [-0.25, -0.2) is 9.97 Å². The molecule has 58 heavy (non-hydrogen) atoms. The Kier molecular flexibility index (Phi) is 8.30. The van der Waals surface area contributed by atoms with Gasteiger partial charge in [0.1, 0.15) is 0 Å². The van der Waals surface area contributed by atoms with Gasteiger partial charge >= 0.3 is 0 Å². The molecule has 0 spiro atoms. The van der Waals surface area contributed by atoms with Gasteiger partial charge in [-0.15, -0.1) is 0 Å². The van der Waals surface area contributed by atoms with Crippen LogP contribution in [0.5, 0.6) is 0 Å². The Morgan fingerprint density at radius 1 is 0.397 bits per heavy atom. The van der Waals surface area contributed by atoms with Crippen molar-refractivity contribution in [2.24, 2.45) is 0 Å². The van der Waals surface area contributed by atoms with Gasteiger partial charge in [-0.1, -0.05) is 194 Å². The van der Waals surface area contributed by atoms with Gasteiger partial charge in [0.25, 0.3) is 0 Å². The molecular weight excluding hydrogens is 719 g/mol. The highest BCUT2D eigenvalue weighted by Crippen LogP contribution is 2.44. The molecule has 1 aliphatic carbocycles. The molecule has 0 unspecified atom stereocenters. The van der Waals surface area contributed by atoms with Crippen molar-refractivity contribution in [2.75, 3.05) is 0 Å². The van der Waals surface area contributed by atoms with Crippen molar-refractivity contribution in [1.82, 2.24) is 14.5 Å². The Morgan fingerprint density at radius 3 is 1.62 bits per heavy atom. The number of benzene rings is 8. The van der Waals surface area contributed by atoms with E-state index in [1.165, 1.54) is 53.8 Å². The quantitative estimate of drug-likeness (QED) is 0.120. The summed E-state index contributed by atoms with van der Waals surface area (Å²) in [4.78, 5) is 10.9. The van der Waals surface area contributed by atoms with Gasteiger partial charge in [-0.3, -0.25) is 4.57 Å². The third-order valence-corrected chi connectivity index (χ3v) is 16.8. The highest BCUT2D eigenvalue weighted by molar-refractivity contribution is 7.19. The standard InChI is InChI=1S/C54H39N3Si/c1-5-19-39(20-6-1)48-37-49(41-21-17-28-45(36-41)58(42-22-7-2-8-23-42,43-24-9-3-10-25-43)44-26-11-4-12-27-44)56-54(55-48)57-50-31-16-15-30-47(50)53-51(57)35-34-40-33-32-38-18-13-14-29-46(38)52(40)53/h1-31,34-37H,32-33H2. The molecule has 0 N–H and O–H groups in total. The van der Waals surface area contributed by atoms with Crippen LogP contribution in [-0.4, -0.2) is 22.6 Å². The Labute approximate surface area is 339 Å². The van der Waals surface area contributed by atoms with Crippen molar-refractivity contribution in [2.45, 2.75) is 12.8 Å². The van der Waals surface area contributed by atoms with E-state index in [2.05, 4.69) is 217 Å². The summed E-state index contributed by atoms with van der Waals surface area (Å²) in [5, 5.41) is 7.81. The monoisotopic (exact) mass is 757 g/mol. The van der Waals surface area contributed by atoms with E-state index in [1.807, 2.05) is 0 Å². The molecule has 274 valence electrons. The molecule has 4 heteroatoms. The summed E-state index contributed by atoms with van der Waals surface area (Å²) in [6.45, 7) is 0. The number of fused-ring (bicyclic) bond motifs is 7. The summed E-state index contributed by atoms with van der Waals surface area (Å²) in [5.74, 6) is 0.662. The summed E-state index contributed by atoms with van der Waals surface area (Å²) in [6, 6.07) is 77.4. The van der Waals surface area contributed by atoms with E-state index in [-0.39, 0.29) is 0 Å². The average molecular weight is 758 g/mol. The van der Waals surface area contributed by atoms with Gasteiger partial charge in [0.15, 0.2) is 8.07 Å². The molecule has 0 aliphatic heterocycles. The van der Waals surface area contributed by atoms with Crippen LogP contribution in [0, 0.1) is 0 Å². The number of rotatable bonds is 7. The topological polar surface area (TPSA) is 30.7 Å². The first kappa shape index (κ1) is 34.1. The lowest BCUT2D eigenvalue weighted by atomic mass is 9.83. The van der Waals surface area contributed by atoms with Crippen LogP contribution in [0.1, 0.15) is 11.1 Å². The number of nitrogens with zero attached hydrogens (tertiary/aromatic N) is 3. The van der Waals surface area contributed by atoms with E-state index in [0.717, 1.165) is 46.4 Å². The Balaban J connectivity index is 1.18. The van der Waals surface area contributed by atoms with Gasteiger partial charge in [0, 0.05) is 21.9 Å². The second-order valence-electron chi connectivity index (χ2n) is 15.2. The van der Waals surface area contributed by atoms with Crippen molar-refractivity contribution in [3.63, 3.8) is 0 Å². The molecule has 2 aromatic heterocycles. The highest BCUT2D eigenvalue weighted by atomic mass is 28.3. The van der Waals surface area contributed by atoms with Crippen molar-refractivity contribution in [1.29, 1.82) is 0 Å². The Bertz CT molecular complexity index is 3010. The number of aromatic nitrogens is 3. The van der Waals surface area contributed by atoms with Gasteiger partial charge in [-0.2, -0.15) is 0 Å². The first-order chi connectivity index (χ1) is 28.8. The van der Waals surface area contributed by atoms with Gasteiger partial charge in [0.05, 0.1) is 22.4 Å². The number of aryl methyl sites for hydroxylation is 2. The maximum Gasteiger partial charge on any atom is 0.235 e. The zero-order valence-corrected chi connectivity index (χ0v) is 33.0. The van der Waals surface area contributed by atoms with E-state index in [0.29, 0.717) is 5.95 Å².